The lowest BCUT2D eigenvalue weighted by molar-refractivity contribution is 0.0997. The van der Waals surface area contributed by atoms with E-state index in [1.54, 1.807) is 48.5 Å². The summed E-state index contributed by atoms with van der Waals surface area (Å²) in [6.07, 6.45) is 0. The van der Waals surface area contributed by atoms with Crippen molar-refractivity contribution in [1.29, 1.82) is 0 Å². The van der Waals surface area contributed by atoms with E-state index in [1.165, 1.54) is 0 Å². The molecule has 2 heterocycles. The number of rotatable bonds is 4. The molecule has 33 heavy (non-hydrogen) atoms. The Hall–Kier alpha value is -3.25. The maximum Gasteiger partial charge on any atom is 0.291 e. The summed E-state index contributed by atoms with van der Waals surface area (Å²) < 4.78 is 11.6. The first-order valence-electron chi connectivity index (χ1n) is 9.92. The predicted octanol–water partition coefficient (Wildman–Crippen LogP) is 8.28. The van der Waals surface area contributed by atoms with Gasteiger partial charge in [-0.2, -0.15) is 0 Å². The molecule has 0 radical (unpaired) electrons. The van der Waals surface area contributed by atoms with Gasteiger partial charge < -0.3 is 14.2 Å². The number of carbonyl (C=O) groups is 1. The summed E-state index contributed by atoms with van der Waals surface area (Å²) in [7, 11) is 0. The fourth-order valence-corrected chi connectivity index (χ4v) is 3.96. The van der Waals surface area contributed by atoms with Crippen LogP contribution in [0.4, 0.5) is 5.69 Å². The minimum absolute atomic E-state index is 0.0971. The lowest BCUT2D eigenvalue weighted by atomic mass is 10.2. The molecule has 0 aliphatic carbocycles. The maximum atomic E-state index is 12.8. The number of carbonyl (C=O) groups excluding carboxylic acids is 1. The number of furan rings is 1. The van der Waals surface area contributed by atoms with Crippen LogP contribution in [0.15, 0.2) is 75.6 Å². The van der Waals surface area contributed by atoms with Gasteiger partial charge in [-0.15, -0.1) is 0 Å². The van der Waals surface area contributed by atoms with Gasteiger partial charge in [-0.1, -0.05) is 46.9 Å². The molecular weight excluding hydrogens is 483 g/mol. The van der Waals surface area contributed by atoms with E-state index in [2.05, 4.69) is 10.3 Å². The highest BCUT2D eigenvalue weighted by molar-refractivity contribution is 6.43. The summed E-state index contributed by atoms with van der Waals surface area (Å²) in [5, 5.41) is 3.89. The van der Waals surface area contributed by atoms with Crippen molar-refractivity contribution >= 4 is 57.5 Å². The predicted molar refractivity (Wildman–Crippen MR) is 131 cm³/mol. The molecule has 1 N–H and O–H groups in total. The fourth-order valence-electron chi connectivity index (χ4n) is 3.40. The van der Waals surface area contributed by atoms with Crippen LogP contribution in [0.3, 0.4) is 0 Å². The second kappa shape index (κ2) is 8.60. The number of fused-ring (bicyclic) bond motifs is 1. The highest BCUT2D eigenvalue weighted by Crippen LogP contribution is 2.35. The fraction of sp³-hybridized carbons (Fsp3) is 0.0400. The summed E-state index contributed by atoms with van der Waals surface area (Å²) in [6.45, 7) is 1.99. The van der Waals surface area contributed by atoms with Gasteiger partial charge in [0.05, 0.1) is 20.8 Å². The Morgan fingerprint density at radius 1 is 0.909 bits per heavy atom. The zero-order chi connectivity index (χ0) is 23.1. The zero-order valence-electron chi connectivity index (χ0n) is 17.2. The number of amides is 1. The Balaban J connectivity index is 1.42. The van der Waals surface area contributed by atoms with Crippen molar-refractivity contribution < 1.29 is 13.6 Å². The van der Waals surface area contributed by atoms with E-state index < -0.39 is 5.91 Å². The van der Waals surface area contributed by atoms with E-state index >= 15 is 0 Å². The van der Waals surface area contributed by atoms with E-state index in [0.29, 0.717) is 49.1 Å². The molecule has 5 aromatic rings. The van der Waals surface area contributed by atoms with Crippen molar-refractivity contribution in [2.75, 3.05) is 5.32 Å². The van der Waals surface area contributed by atoms with Crippen LogP contribution < -0.4 is 5.32 Å². The lowest BCUT2D eigenvalue weighted by Crippen LogP contribution is -2.11. The molecule has 0 spiro atoms. The number of hydrogen-bond acceptors (Lipinski definition) is 4. The third-order valence-electron chi connectivity index (χ3n) is 5.05. The largest absolute Gasteiger partial charge is 0.451 e. The molecule has 0 atom stereocenters. The molecule has 164 valence electrons. The van der Waals surface area contributed by atoms with Gasteiger partial charge >= 0.3 is 0 Å². The second-order valence-electron chi connectivity index (χ2n) is 7.40. The maximum absolute atomic E-state index is 12.8. The number of halogens is 3. The molecular formula is C25H15Cl3N2O3. The first-order chi connectivity index (χ1) is 15.9. The molecule has 0 bridgehead atoms. The van der Waals surface area contributed by atoms with Crippen LogP contribution in [0.1, 0.15) is 16.1 Å². The average molecular weight is 498 g/mol. The van der Waals surface area contributed by atoms with Crippen LogP contribution in [0.2, 0.25) is 15.1 Å². The second-order valence-corrected chi connectivity index (χ2v) is 8.60. The van der Waals surface area contributed by atoms with Crippen molar-refractivity contribution in [2.45, 2.75) is 6.92 Å². The van der Waals surface area contributed by atoms with E-state index in [-0.39, 0.29) is 5.76 Å². The minimum Gasteiger partial charge on any atom is -0.451 e. The zero-order valence-corrected chi connectivity index (χ0v) is 19.4. The molecule has 0 unspecified atom stereocenters. The van der Waals surface area contributed by atoms with Gasteiger partial charge in [0.25, 0.3) is 5.91 Å². The van der Waals surface area contributed by atoms with E-state index in [1.807, 2.05) is 25.1 Å². The van der Waals surface area contributed by atoms with Crippen molar-refractivity contribution in [2.24, 2.45) is 0 Å². The third-order valence-corrected chi connectivity index (χ3v) is 6.20. The van der Waals surface area contributed by atoms with Crippen molar-refractivity contribution in [3.05, 3.63) is 93.1 Å². The molecule has 8 heteroatoms. The number of anilines is 1. The number of nitrogens with zero attached hydrogens (tertiary/aromatic N) is 1. The Morgan fingerprint density at radius 2 is 1.76 bits per heavy atom. The molecule has 2 aromatic heterocycles. The van der Waals surface area contributed by atoms with Gasteiger partial charge in [0.2, 0.25) is 5.89 Å². The Kier molecular flexibility index (Phi) is 5.62. The van der Waals surface area contributed by atoms with Crippen molar-refractivity contribution in [3.8, 4) is 22.8 Å². The van der Waals surface area contributed by atoms with Crippen LogP contribution in [0.5, 0.6) is 0 Å². The van der Waals surface area contributed by atoms with E-state index in [4.69, 9.17) is 43.6 Å². The van der Waals surface area contributed by atoms with Gasteiger partial charge in [0, 0.05) is 11.1 Å². The van der Waals surface area contributed by atoms with Crippen LogP contribution in [-0.4, -0.2) is 10.9 Å². The third kappa shape index (κ3) is 4.23. The first kappa shape index (κ1) is 21.6. The average Bonchev–Trinajstić information content (AvgIpc) is 3.44. The smallest absolute Gasteiger partial charge is 0.291 e. The first-order valence-corrected chi connectivity index (χ1v) is 11.0. The van der Waals surface area contributed by atoms with Gasteiger partial charge in [0.1, 0.15) is 11.3 Å². The summed E-state index contributed by atoms with van der Waals surface area (Å²) in [5.41, 5.74) is 4.19. The van der Waals surface area contributed by atoms with E-state index in [9.17, 15) is 4.79 Å². The minimum atomic E-state index is -0.466. The number of nitrogens with one attached hydrogen (secondary N) is 1. The summed E-state index contributed by atoms with van der Waals surface area (Å²) in [6, 6.07) is 19.3. The van der Waals surface area contributed by atoms with Crippen LogP contribution in [-0.2, 0) is 0 Å². The topological polar surface area (TPSA) is 68.3 Å². The molecule has 0 saturated heterocycles. The molecule has 5 nitrogen and oxygen atoms in total. The summed E-state index contributed by atoms with van der Waals surface area (Å²) in [4.78, 5) is 17.4. The molecule has 0 saturated carbocycles. The highest BCUT2D eigenvalue weighted by atomic mass is 35.5. The van der Waals surface area contributed by atoms with Crippen molar-refractivity contribution in [1.82, 2.24) is 4.98 Å². The molecule has 1 amide bonds. The van der Waals surface area contributed by atoms with Crippen LogP contribution >= 0.6 is 34.8 Å². The number of benzene rings is 3. The number of aromatic nitrogens is 1. The quantitative estimate of drug-likeness (QED) is 0.271. The van der Waals surface area contributed by atoms with Gasteiger partial charge in [-0.3, -0.25) is 4.79 Å². The van der Waals surface area contributed by atoms with Crippen LogP contribution in [0, 0.1) is 6.92 Å². The van der Waals surface area contributed by atoms with Crippen molar-refractivity contribution in [3.63, 3.8) is 0 Å². The number of oxazole rings is 1. The van der Waals surface area contributed by atoms with Gasteiger partial charge in [-0.25, -0.2) is 4.98 Å². The van der Waals surface area contributed by atoms with Gasteiger partial charge in [0.15, 0.2) is 11.3 Å². The normalized spacial score (nSPS) is 11.2. The highest BCUT2D eigenvalue weighted by Gasteiger charge is 2.17. The summed E-state index contributed by atoms with van der Waals surface area (Å²) in [5.74, 6) is 0.486. The van der Waals surface area contributed by atoms with E-state index in [0.717, 1.165) is 11.1 Å². The number of aryl methyl sites for hydroxylation is 1. The lowest BCUT2D eigenvalue weighted by Gasteiger charge is -2.07. The Labute approximate surface area is 203 Å². The molecule has 0 aliphatic rings. The Bertz CT molecular complexity index is 1520. The number of hydrogen-bond donors (Lipinski definition) is 1. The molecule has 0 aliphatic heterocycles. The Morgan fingerprint density at radius 3 is 2.61 bits per heavy atom. The summed E-state index contributed by atoms with van der Waals surface area (Å²) >= 11 is 18.7. The van der Waals surface area contributed by atoms with Crippen LogP contribution in [0.25, 0.3) is 33.9 Å². The monoisotopic (exact) mass is 496 g/mol. The van der Waals surface area contributed by atoms with Gasteiger partial charge in [-0.05, 0) is 67.1 Å². The molecule has 5 rings (SSSR count). The molecule has 3 aromatic carbocycles. The SMILES string of the molecule is Cc1ccc2oc(-c3ccc(Cl)c(NC(=O)c4ccc(-c5cccc(Cl)c5Cl)o4)c3)nc2c1. The molecule has 0 fully saturated rings. The standard InChI is InChI=1S/C25H15Cl3N2O3/c1-13-5-8-21-19(11-13)30-25(33-21)14-6-7-16(26)18(12-14)29-24(31)22-10-9-20(32-22)15-3-2-4-17(27)23(15)28/h2-12H,1H3,(H,29,31).